The van der Waals surface area contributed by atoms with Crippen molar-refractivity contribution in [3.63, 3.8) is 0 Å². The van der Waals surface area contributed by atoms with Gasteiger partial charge in [0.1, 0.15) is 0 Å². The monoisotopic (exact) mass is 472 g/mol. The number of thiophene rings is 1. The Bertz CT molecular complexity index is 822. The third-order valence-corrected chi connectivity index (χ3v) is 6.69. The lowest BCUT2D eigenvalue weighted by atomic mass is 10.1. The molecule has 0 unspecified atom stereocenters. The van der Waals surface area contributed by atoms with Crippen molar-refractivity contribution in [1.82, 2.24) is 9.80 Å². The van der Waals surface area contributed by atoms with Crippen LogP contribution in [0, 0.1) is 6.92 Å². The first-order valence-electron chi connectivity index (χ1n) is 12.2. The van der Waals surface area contributed by atoms with Crippen LogP contribution in [-0.2, 0) is 27.4 Å². The first kappa shape index (κ1) is 27.1. The molecule has 182 valence electrons. The third-order valence-electron chi connectivity index (χ3n) is 5.70. The van der Waals surface area contributed by atoms with Crippen LogP contribution in [0.3, 0.4) is 0 Å². The lowest BCUT2D eigenvalue weighted by Gasteiger charge is -2.27. The minimum Gasteiger partial charge on any atom is -0.383 e. The second-order valence-corrected chi connectivity index (χ2v) is 9.95. The van der Waals surface area contributed by atoms with Crippen molar-refractivity contribution in [3.8, 4) is 0 Å². The van der Waals surface area contributed by atoms with E-state index >= 15 is 0 Å². The number of carbonyl (C=O) groups is 2. The number of nitrogens with zero attached hydrogens (tertiary/aromatic N) is 2. The van der Waals surface area contributed by atoms with Crippen molar-refractivity contribution in [1.29, 1.82) is 0 Å². The minimum absolute atomic E-state index is 0.0303. The van der Waals surface area contributed by atoms with Gasteiger partial charge in [-0.25, -0.2) is 0 Å². The fourth-order valence-electron chi connectivity index (χ4n) is 3.77. The van der Waals surface area contributed by atoms with Crippen molar-refractivity contribution < 1.29 is 14.3 Å². The maximum Gasteiger partial charge on any atom is 0.242 e. The molecule has 0 bridgehead atoms. The van der Waals surface area contributed by atoms with E-state index in [1.807, 2.05) is 35.2 Å². The zero-order valence-electron chi connectivity index (χ0n) is 20.6. The standard InChI is InChI=1S/C27H40N2O3S/c1-4-5-6-7-8-12-15-26(30)28(18-19-32-3)22-27(31)29(20-24-13-10-9-11-14-24)21-25-17-16-23(2)33-25/h9-11,13-14,16-17H,4-8,12,15,18-22H2,1-3H3. The number of aryl methyl sites for hydroxylation is 1. The van der Waals surface area contributed by atoms with E-state index in [0.29, 0.717) is 32.7 Å². The topological polar surface area (TPSA) is 49.9 Å². The Morgan fingerprint density at radius 1 is 0.879 bits per heavy atom. The predicted molar refractivity (Wildman–Crippen MR) is 136 cm³/mol. The van der Waals surface area contributed by atoms with Crippen LogP contribution in [0.25, 0.3) is 0 Å². The molecule has 1 aromatic carbocycles. The molecule has 0 saturated heterocycles. The first-order chi connectivity index (χ1) is 16.0. The highest BCUT2D eigenvalue weighted by molar-refractivity contribution is 7.11. The molecular formula is C27H40N2O3S. The van der Waals surface area contributed by atoms with E-state index in [1.165, 1.54) is 30.6 Å². The maximum absolute atomic E-state index is 13.4. The van der Waals surface area contributed by atoms with Crippen molar-refractivity contribution in [3.05, 3.63) is 57.8 Å². The van der Waals surface area contributed by atoms with Crippen LogP contribution < -0.4 is 0 Å². The van der Waals surface area contributed by atoms with Crippen LogP contribution in [0.4, 0.5) is 0 Å². The SMILES string of the molecule is CCCCCCCCC(=O)N(CCOC)CC(=O)N(Cc1ccccc1)Cc1ccc(C)s1. The van der Waals surface area contributed by atoms with E-state index in [-0.39, 0.29) is 18.4 Å². The first-order valence-corrected chi connectivity index (χ1v) is 13.0. The highest BCUT2D eigenvalue weighted by Gasteiger charge is 2.22. The zero-order valence-corrected chi connectivity index (χ0v) is 21.4. The molecule has 0 saturated carbocycles. The van der Waals surface area contributed by atoms with Crippen molar-refractivity contribution in [2.45, 2.75) is 71.9 Å². The van der Waals surface area contributed by atoms with Crippen LogP contribution in [0.1, 0.15) is 67.2 Å². The minimum atomic E-state index is -0.0303. The summed E-state index contributed by atoms with van der Waals surface area (Å²) in [6.07, 6.45) is 7.31. The van der Waals surface area contributed by atoms with E-state index in [9.17, 15) is 9.59 Å². The number of benzene rings is 1. The number of methoxy groups -OCH3 is 1. The number of hydrogen-bond donors (Lipinski definition) is 0. The number of carbonyl (C=O) groups excluding carboxylic acids is 2. The smallest absolute Gasteiger partial charge is 0.242 e. The van der Waals surface area contributed by atoms with E-state index in [0.717, 1.165) is 23.3 Å². The van der Waals surface area contributed by atoms with Gasteiger partial charge in [0, 0.05) is 36.4 Å². The normalized spacial score (nSPS) is 10.9. The summed E-state index contributed by atoms with van der Waals surface area (Å²) in [4.78, 5) is 32.2. The van der Waals surface area contributed by atoms with Gasteiger partial charge in [-0.2, -0.15) is 0 Å². The summed E-state index contributed by atoms with van der Waals surface area (Å²) >= 11 is 1.71. The Morgan fingerprint density at radius 2 is 1.61 bits per heavy atom. The molecule has 1 aromatic heterocycles. The molecule has 0 N–H and O–H groups in total. The molecule has 0 aliphatic carbocycles. The summed E-state index contributed by atoms with van der Waals surface area (Å²) in [6.45, 7) is 6.32. The van der Waals surface area contributed by atoms with Crippen LogP contribution in [0.15, 0.2) is 42.5 Å². The van der Waals surface area contributed by atoms with E-state index in [2.05, 4.69) is 26.0 Å². The Labute approximate surface area is 203 Å². The Hall–Kier alpha value is -2.18. The third kappa shape index (κ3) is 10.5. The quantitative estimate of drug-likeness (QED) is 0.290. The predicted octanol–water partition coefficient (Wildman–Crippen LogP) is 5.81. The van der Waals surface area contributed by atoms with Gasteiger partial charge in [-0.1, -0.05) is 69.4 Å². The van der Waals surface area contributed by atoms with E-state index < -0.39 is 0 Å². The summed E-state index contributed by atoms with van der Waals surface area (Å²) in [6, 6.07) is 14.2. The van der Waals surface area contributed by atoms with E-state index in [4.69, 9.17) is 4.74 Å². The molecule has 1 heterocycles. The fourth-order valence-corrected chi connectivity index (χ4v) is 4.67. The van der Waals surface area contributed by atoms with Crippen molar-refractivity contribution in [2.24, 2.45) is 0 Å². The number of unbranched alkanes of at least 4 members (excludes halogenated alkanes) is 5. The average molecular weight is 473 g/mol. The van der Waals surface area contributed by atoms with Gasteiger partial charge in [0.05, 0.1) is 19.7 Å². The summed E-state index contributed by atoms with van der Waals surface area (Å²) < 4.78 is 5.21. The summed E-state index contributed by atoms with van der Waals surface area (Å²) in [7, 11) is 1.62. The molecule has 0 fully saturated rings. The number of hydrogen-bond acceptors (Lipinski definition) is 4. The van der Waals surface area contributed by atoms with Gasteiger partial charge in [0.15, 0.2) is 0 Å². The summed E-state index contributed by atoms with van der Waals surface area (Å²) in [5, 5.41) is 0. The lowest BCUT2D eigenvalue weighted by Crippen LogP contribution is -2.43. The summed E-state index contributed by atoms with van der Waals surface area (Å²) in [5.41, 5.74) is 1.08. The number of ether oxygens (including phenoxy) is 1. The molecule has 0 atom stereocenters. The summed E-state index contributed by atoms with van der Waals surface area (Å²) in [5.74, 6) is 0.0137. The molecule has 2 aromatic rings. The second kappa shape index (κ2) is 15.6. The van der Waals surface area contributed by atoms with Gasteiger partial charge >= 0.3 is 0 Å². The Kier molecular flexibility index (Phi) is 12.8. The van der Waals surface area contributed by atoms with Gasteiger partial charge in [0.2, 0.25) is 11.8 Å². The molecule has 0 aliphatic heterocycles. The second-order valence-electron chi connectivity index (χ2n) is 8.57. The highest BCUT2D eigenvalue weighted by Crippen LogP contribution is 2.19. The van der Waals surface area contributed by atoms with Crippen LogP contribution in [0.2, 0.25) is 0 Å². The molecule has 0 radical (unpaired) electrons. The molecule has 5 nitrogen and oxygen atoms in total. The molecule has 0 spiro atoms. The number of amides is 2. The van der Waals surface area contributed by atoms with Gasteiger partial charge < -0.3 is 14.5 Å². The number of rotatable bonds is 16. The molecule has 0 aliphatic rings. The molecule has 33 heavy (non-hydrogen) atoms. The largest absolute Gasteiger partial charge is 0.383 e. The zero-order chi connectivity index (χ0) is 23.9. The Balaban J connectivity index is 2.01. The molecule has 2 amide bonds. The van der Waals surface area contributed by atoms with Gasteiger partial charge in [0.25, 0.3) is 0 Å². The molecule has 6 heteroatoms. The van der Waals surface area contributed by atoms with Crippen molar-refractivity contribution in [2.75, 3.05) is 26.8 Å². The van der Waals surface area contributed by atoms with Crippen LogP contribution in [0.5, 0.6) is 0 Å². The van der Waals surface area contributed by atoms with Crippen molar-refractivity contribution >= 4 is 23.2 Å². The maximum atomic E-state index is 13.4. The Morgan fingerprint density at radius 3 is 2.27 bits per heavy atom. The average Bonchev–Trinajstić information content (AvgIpc) is 3.23. The van der Waals surface area contributed by atoms with Crippen LogP contribution in [-0.4, -0.2) is 48.4 Å². The lowest BCUT2D eigenvalue weighted by molar-refractivity contribution is -0.141. The van der Waals surface area contributed by atoms with Gasteiger partial charge in [-0.05, 0) is 31.0 Å². The fraction of sp³-hybridized carbons (Fsp3) is 0.556. The highest BCUT2D eigenvalue weighted by atomic mass is 32.1. The molecule has 2 rings (SSSR count). The van der Waals surface area contributed by atoms with Gasteiger partial charge in [-0.15, -0.1) is 11.3 Å². The molecular weight excluding hydrogens is 432 g/mol. The van der Waals surface area contributed by atoms with E-state index in [1.54, 1.807) is 23.3 Å². The van der Waals surface area contributed by atoms with Crippen LogP contribution >= 0.6 is 11.3 Å². The van der Waals surface area contributed by atoms with Gasteiger partial charge in [-0.3, -0.25) is 9.59 Å².